The number of carboxylic acid groups (broad SMARTS) is 1. The number of halogens is 1. The van der Waals surface area contributed by atoms with Crippen molar-refractivity contribution in [3.63, 3.8) is 0 Å². The average Bonchev–Trinajstić information content (AvgIpc) is 2.60. The Morgan fingerprint density at radius 2 is 2.28 bits per heavy atom. The van der Waals surface area contributed by atoms with E-state index in [9.17, 15) is 13.2 Å². The molecule has 1 aromatic rings. The molecular formula is C9H12ClNO5S2. The van der Waals surface area contributed by atoms with Crippen LogP contribution in [0.4, 0.5) is 0 Å². The maximum absolute atomic E-state index is 11.8. The SMILES string of the molecule is COC(CNS(=O)(=O)c1cc(C)c(Cl)s1)C(=O)O. The highest BCUT2D eigenvalue weighted by Crippen LogP contribution is 2.29. The van der Waals surface area contributed by atoms with E-state index in [0.29, 0.717) is 9.90 Å². The molecule has 0 radical (unpaired) electrons. The lowest BCUT2D eigenvalue weighted by Gasteiger charge is -2.10. The maximum atomic E-state index is 11.8. The van der Waals surface area contributed by atoms with Crippen LogP contribution in [-0.2, 0) is 19.6 Å². The summed E-state index contributed by atoms with van der Waals surface area (Å²) in [5.41, 5.74) is 0.656. The van der Waals surface area contributed by atoms with Crippen LogP contribution < -0.4 is 4.72 Å². The van der Waals surface area contributed by atoms with Gasteiger partial charge in [-0.25, -0.2) is 17.9 Å². The molecule has 0 saturated heterocycles. The normalized spacial score (nSPS) is 13.5. The van der Waals surface area contributed by atoms with E-state index in [4.69, 9.17) is 16.7 Å². The third-order valence-electron chi connectivity index (χ3n) is 2.12. The van der Waals surface area contributed by atoms with Crippen LogP contribution in [0.25, 0.3) is 0 Å². The van der Waals surface area contributed by atoms with Gasteiger partial charge in [0.05, 0.1) is 4.34 Å². The Morgan fingerprint density at radius 1 is 1.67 bits per heavy atom. The highest BCUT2D eigenvalue weighted by atomic mass is 35.5. The maximum Gasteiger partial charge on any atom is 0.334 e. The van der Waals surface area contributed by atoms with Crippen molar-refractivity contribution < 1.29 is 23.1 Å². The van der Waals surface area contributed by atoms with Gasteiger partial charge >= 0.3 is 5.97 Å². The molecule has 0 amide bonds. The highest BCUT2D eigenvalue weighted by Gasteiger charge is 2.23. The van der Waals surface area contributed by atoms with E-state index < -0.39 is 22.1 Å². The minimum Gasteiger partial charge on any atom is -0.479 e. The predicted octanol–water partition coefficient (Wildman–Crippen LogP) is 1.09. The van der Waals surface area contributed by atoms with Gasteiger partial charge in [-0.3, -0.25) is 0 Å². The topological polar surface area (TPSA) is 92.7 Å². The molecule has 0 saturated carbocycles. The van der Waals surface area contributed by atoms with Crippen molar-refractivity contribution in [2.24, 2.45) is 0 Å². The van der Waals surface area contributed by atoms with Crippen molar-refractivity contribution in [2.75, 3.05) is 13.7 Å². The third-order valence-corrected chi connectivity index (χ3v) is 5.57. The highest BCUT2D eigenvalue weighted by molar-refractivity contribution is 7.91. The monoisotopic (exact) mass is 313 g/mol. The van der Waals surface area contributed by atoms with Gasteiger partial charge in [-0.1, -0.05) is 11.6 Å². The molecule has 18 heavy (non-hydrogen) atoms. The van der Waals surface area contributed by atoms with Crippen LogP contribution in [-0.4, -0.2) is 39.3 Å². The van der Waals surface area contributed by atoms with Gasteiger partial charge in [0.25, 0.3) is 0 Å². The van der Waals surface area contributed by atoms with Gasteiger partial charge in [-0.2, -0.15) is 0 Å². The summed E-state index contributed by atoms with van der Waals surface area (Å²) in [6.07, 6.45) is -1.23. The first-order valence-corrected chi connectivity index (χ1v) is 7.47. The zero-order valence-electron chi connectivity index (χ0n) is 9.64. The van der Waals surface area contributed by atoms with E-state index in [1.54, 1.807) is 6.92 Å². The largest absolute Gasteiger partial charge is 0.479 e. The molecule has 1 aromatic heterocycles. The number of sulfonamides is 1. The van der Waals surface area contributed by atoms with Gasteiger partial charge in [0.15, 0.2) is 6.10 Å². The van der Waals surface area contributed by atoms with Crippen molar-refractivity contribution in [3.8, 4) is 0 Å². The number of hydrogen-bond donors (Lipinski definition) is 2. The molecule has 1 heterocycles. The molecule has 0 bridgehead atoms. The molecule has 0 aliphatic heterocycles. The fourth-order valence-electron chi connectivity index (χ4n) is 1.09. The van der Waals surface area contributed by atoms with Crippen LogP contribution in [0.5, 0.6) is 0 Å². The van der Waals surface area contributed by atoms with E-state index in [1.165, 1.54) is 13.2 Å². The van der Waals surface area contributed by atoms with Crippen LogP contribution in [0.2, 0.25) is 4.34 Å². The second kappa shape index (κ2) is 5.98. The average molecular weight is 314 g/mol. The van der Waals surface area contributed by atoms with Crippen LogP contribution in [0.3, 0.4) is 0 Å². The Hall–Kier alpha value is -0.670. The minimum atomic E-state index is -3.76. The molecular weight excluding hydrogens is 302 g/mol. The lowest BCUT2D eigenvalue weighted by atomic mass is 10.4. The molecule has 0 aliphatic rings. The number of thiophene rings is 1. The first-order chi connectivity index (χ1) is 8.27. The number of aryl methyl sites for hydroxylation is 1. The molecule has 1 unspecified atom stereocenters. The number of rotatable bonds is 6. The van der Waals surface area contributed by atoms with Gasteiger partial charge in [-0.05, 0) is 18.6 Å². The molecule has 102 valence electrons. The van der Waals surface area contributed by atoms with Crippen molar-refractivity contribution in [1.29, 1.82) is 0 Å². The number of methoxy groups -OCH3 is 1. The summed E-state index contributed by atoms with van der Waals surface area (Å²) >= 11 is 6.70. The second-order valence-corrected chi connectivity index (χ2v) is 7.08. The molecule has 0 aromatic carbocycles. The van der Waals surface area contributed by atoms with E-state index in [0.717, 1.165) is 11.3 Å². The quantitative estimate of drug-likeness (QED) is 0.820. The van der Waals surface area contributed by atoms with Gasteiger partial charge in [0.2, 0.25) is 10.0 Å². The summed E-state index contributed by atoms with van der Waals surface area (Å²) in [5, 5.41) is 8.71. The number of ether oxygens (including phenoxy) is 1. The number of aliphatic carboxylic acids is 1. The molecule has 9 heteroatoms. The first kappa shape index (κ1) is 15.4. The van der Waals surface area contributed by atoms with Gasteiger partial charge in [-0.15, -0.1) is 11.3 Å². The minimum absolute atomic E-state index is 0.0465. The van der Waals surface area contributed by atoms with Gasteiger partial charge in [0, 0.05) is 13.7 Å². The number of carbonyl (C=O) groups is 1. The van der Waals surface area contributed by atoms with Crippen molar-refractivity contribution >= 4 is 38.9 Å². The summed E-state index contributed by atoms with van der Waals surface area (Å²) in [6.45, 7) is 1.34. The summed E-state index contributed by atoms with van der Waals surface area (Å²) in [5.74, 6) is -1.24. The lowest BCUT2D eigenvalue weighted by molar-refractivity contribution is -0.147. The number of carboxylic acids is 1. The predicted molar refractivity (Wildman–Crippen MR) is 67.7 cm³/mol. The molecule has 0 fully saturated rings. The molecule has 1 rings (SSSR count). The van der Waals surface area contributed by atoms with Crippen LogP contribution in [0.1, 0.15) is 5.56 Å². The molecule has 1 atom stereocenters. The van der Waals surface area contributed by atoms with E-state index in [2.05, 4.69) is 9.46 Å². The van der Waals surface area contributed by atoms with Crippen LogP contribution in [0.15, 0.2) is 10.3 Å². The zero-order valence-corrected chi connectivity index (χ0v) is 12.0. The summed E-state index contributed by atoms with van der Waals surface area (Å²) < 4.78 is 30.9. The van der Waals surface area contributed by atoms with Crippen LogP contribution in [0, 0.1) is 6.92 Å². The van der Waals surface area contributed by atoms with Crippen molar-refractivity contribution in [2.45, 2.75) is 17.2 Å². The molecule has 0 aliphatic carbocycles. The fourth-order valence-corrected chi connectivity index (χ4v) is 3.88. The first-order valence-electron chi connectivity index (χ1n) is 4.79. The molecule has 6 nitrogen and oxygen atoms in total. The number of hydrogen-bond acceptors (Lipinski definition) is 5. The molecule has 0 spiro atoms. The Balaban J connectivity index is 2.80. The van der Waals surface area contributed by atoms with Crippen molar-refractivity contribution in [3.05, 3.63) is 16.0 Å². The zero-order chi connectivity index (χ0) is 13.9. The standard InChI is InChI=1S/C9H12ClNO5S2/c1-5-3-7(17-8(5)10)18(14,15)11-4-6(16-2)9(12)13/h3,6,11H,4H2,1-2H3,(H,12,13). The summed E-state index contributed by atoms with van der Waals surface area (Å²) in [6, 6.07) is 1.43. The fraction of sp³-hybridized carbons (Fsp3) is 0.444. The van der Waals surface area contributed by atoms with Gasteiger partial charge < -0.3 is 9.84 Å². The summed E-state index contributed by atoms with van der Waals surface area (Å²) in [7, 11) is -2.57. The second-order valence-electron chi connectivity index (χ2n) is 3.44. The van der Waals surface area contributed by atoms with E-state index in [-0.39, 0.29) is 10.8 Å². The van der Waals surface area contributed by atoms with Crippen molar-refractivity contribution in [1.82, 2.24) is 4.72 Å². The van der Waals surface area contributed by atoms with E-state index >= 15 is 0 Å². The Bertz CT molecular complexity index is 520. The Labute approximate surface area is 114 Å². The van der Waals surface area contributed by atoms with Gasteiger partial charge in [0.1, 0.15) is 4.21 Å². The molecule has 2 N–H and O–H groups in total. The van der Waals surface area contributed by atoms with Crippen LogP contribution >= 0.6 is 22.9 Å². The third kappa shape index (κ3) is 3.66. The number of nitrogens with one attached hydrogen (secondary N) is 1. The smallest absolute Gasteiger partial charge is 0.334 e. The summed E-state index contributed by atoms with van der Waals surface area (Å²) in [4.78, 5) is 10.7. The Morgan fingerprint density at radius 3 is 2.67 bits per heavy atom. The lowest BCUT2D eigenvalue weighted by Crippen LogP contribution is -2.37. The Kier molecular flexibility index (Phi) is 5.11. The van der Waals surface area contributed by atoms with E-state index in [1.807, 2.05) is 0 Å².